The zero-order valence-corrected chi connectivity index (χ0v) is 18.3. The number of rotatable bonds is 6. The average Bonchev–Trinajstić information content (AvgIpc) is 3.17. The van der Waals surface area contributed by atoms with Crippen LogP contribution in [0.1, 0.15) is 42.1 Å². The van der Waals surface area contributed by atoms with Crippen LogP contribution in [0.15, 0.2) is 60.7 Å². The van der Waals surface area contributed by atoms with Crippen LogP contribution in [0, 0.1) is 0 Å². The number of methoxy groups -OCH3 is 1. The van der Waals surface area contributed by atoms with Crippen LogP contribution in [0.25, 0.3) is 10.4 Å². The fraction of sp³-hybridized carbons (Fsp3) is 0.217. The molecule has 1 heterocycles. The van der Waals surface area contributed by atoms with Crippen LogP contribution in [0.5, 0.6) is 0 Å². The van der Waals surface area contributed by atoms with E-state index in [9.17, 15) is 4.79 Å². The topological polar surface area (TPSA) is 50.4 Å². The fourth-order valence-electron chi connectivity index (χ4n) is 2.89. The maximum Gasteiger partial charge on any atom is 0.340 e. The van der Waals surface area contributed by atoms with Crippen molar-refractivity contribution in [1.29, 1.82) is 0 Å². The van der Waals surface area contributed by atoms with E-state index in [0.29, 0.717) is 21.6 Å². The highest BCUT2D eigenvalue weighted by atomic mass is 32.1. The second kappa shape index (κ2) is 9.67. The maximum absolute atomic E-state index is 12.2. The molecule has 2 N–H and O–H groups in total. The number of anilines is 2. The molecule has 0 bridgehead atoms. The second-order valence-electron chi connectivity index (χ2n) is 6.72. The molecule has 0 aliphatic heterocycles. The molecule has 1 aromatic heterocycles. The van der Waals surface area contributed by atoms with E-state index in [1.54, 1.807) is 0 Å². The third kappa shape index (κ3) is 5.22. The molecule has 0 saturated carbocycles. The Morgan fingerprint density at radius 3 is 2.41 bits per heavy atom. The summed E-state index contributed by atoms with van der Waals surface area (Å²) in [6, 6.07) is 20.0. The Morgan fingerprint density at radius 2 is 1.79 bits per heavy atom. The molecule has 0 radical (unpaired) electrons. The standard InChI is InChI=1S/C23H24N2O2S2/c1-4-15(2)16-10-12-18(13-11-16)24-23(28)25-21-19(22(26)27-3)14-20(29-21)17-8-6-5-7-9-17/h5-15H,4H2,1-3H3,(H2,24,25,28). The number of carbonyl (C=O) groups is 1. The van der Waals surface area contributed by atoms with Crippen molar-refractivity contribution in [3.8, 4) is 10.4 Å². The Labute approximate surface area is 180 Å². The monoisotopic (exact) mass is 424 g/mol. The van der Waals surface area contributed by atoms with Gasteiger partial charge in [-0.05, 0) is 53.9 Å². The van der Waals surface area contributed by atoms with Crippen molar-refractivity contribution in [2.24, 2.45) is 0 Å². The van der Waals surface area contributed by atoms with Gasteiger partial charge in [-0.25, -0.2) is 4.79 Å². The van der Waals surface area contributed by atoms with E-state index in [-0.39, 0.29) is 0 Å². The van der Waals surface area contributed by atoms with Crippen LogP contribution in [-0.2, 0) is 4.74 Å². The molecule has 1 atom stereocenters. The number of carbonyl (C=O) groups excluding carboxylic acids is 1. The molecule has 0 aliphatic rings. The summed E-state index contributed by atoms with van der Waals surface area (Å²) in [5.41, 5.74) is 3.70. The number of esters is 1. The Hall–Kier alpha value is -2.70. The van der Waals surface area contributed by atoms with Gasteiger partial charge in [0.05, 0.1) is 12.7 Å². The molecule has 6 heteroatoms. The fourth-order valence-corrected chi connectivity index (χ4v) is 4.23. The first-order chi connectivity index (χ1) is 14.0. The van der Waals surface area contributed by atoms with Crippen LogP contribution in [0.2, 0.25) is 0 Å². The zero-order valence-electron chi connectivity index (χ0n) is 16.7. The molecule has 3 aromatic rings. The third-order valence-corrected chi connectivity index (χ3v) is 6.08. The highest BCUT2D eigenvalue weighted by molar-refractivity contribution is 7.80. The summed E-state index contributed by atoms with van der Waals surface area (Å²) < 4.78 is 4.94. The Bertz CT molecular complexity index is 982. The Balaban J connectivity index is 1.77. The minimum atomic E-state index is -0.397. The van der Waals surface area contributed by atoms with E-state index in [2.05, 4.69) is 36.6 Å². The molecule has 0 fully saturated rings. The highest BCUT2D eigenvalue weighted by Crippen LogP contribution is 2.36. The Morgan fingerprint density at radius 1 is 1.10 bits per heavy atom. The van der Waals surface area contributed by atoms with E-state index in [1.165, 1.54) is 24.0 Å². The third-order valence-electron chi connectivity index (χ3n) is 4.77. The normalized spacial score (nSPS) is 11.6. The predicted octanol–water partition coefficient (Wildman–Crippen LogP) is 6.52. The summed E-state index contributed by atoms with van der Waals surface area (Å²) in [4.78, 5) is 13.2. The molecular weight excluding hydrogens is 400 g/mol. The van der Waals surface area contributed by atoms with Crippen LogP contribution in [0.4, 0.5) is 10.7 Å². The van der Waals surface area contributed by atoms with E-state index in [4.69, 9.17) is 17.0 Å². The molecule has 0 aliphatic carbocycles. The molecule has 0 amide bonds. The average molecular weight is 425 g/mol. The Kier molecular flexibility index (Phi) is 7.01. The molecule has 3 rings (SSSR count). The molecule has 2 aromatic carbocycles. The van der Waals surface area contributed by atoms with Crippen molar-refractivity contribution in [2.75, 3.05) is 17.7 Å². The van der Waals surface area contributed by atoms with E-state index >= 15 is 0 Å². The van der Waals surface area contributed by atoms with Crippen molar-refractivity contribution in [3.63, 3.8) is 0 Å². The lowest BCUT2D eigenvalue weighted by Gasteiger charge is -2.12. The predicted molar refractivity (Wildman–Crippen MR) is 126 cm³/mol. The summed E-state index contributed by atoms with van der Waals surface area (Å²) in [7, 11) is 1.38. The van der Waals surface area contributed by atoms with Crippen LogP contribution in [0.3, 0.4) is 0 Å². The lowest BCUT2D eigenvalue weighted by atomic mass is 9.99. The second-order valence-corrected chi connectivity index (χ2v) is 8.18. The van der Waals surface area contributed by atoms with Crippen molar-refractivity contribution in [3.05, 3.63) is 71.8 Å². The van der Waals surface area contributed by atoms with E-state index in [0.717, 1.165) is 22.5 Å². The number of thiophene rings is 1. The van der Waals surface area contributed by atoms with Crippen molar-refractivity contribution >= 4 is 45.3 Å². The lowest BCUT2D eigenvalue weighted by Crippen LogP contribution is -2.19. The van der Waals surface area contributed by atoms with Gasteiger partial charge in [0.1, 0.15) is 5.00 Å². The minimum Gasteiger partial charge on any atom is -0.465 e. The first-order valence-electron chi connectivity index (χ1n) is 9.47. The highest BCUT2D eigenvalue weighted by Gasteiger charge is 2.18. The van der Waals surface area contributed by atoms with Crippen molar-refractivity contribution < 1.29 is 9.53 Å². The summed E-state index contributed by atoms with van der Waals surface area (Å²) in [6.45, 7) is 4.39. The number of benzene rings is 2. The van der Waals surface area contributed by atoms with Gasteiger partial charge in [0.15, 0.2) is 5.11 Å². The van der Waals surface area contributed by atoms with Gasteiger partial charge >= 0.3 is 5.97 Å². The molecule has 0 saturated heterocycles. The smallest absolute Gasteiger partial charge is 0.340 e. The van der Waals surface area contributed by atoms with Crippen LogP contribution < -0.4 is 10.6 Å². The van der Waals surface area contributed by atoms with Crippen molar-refractivity contribution in [2.45, 2.75) is 26.2 Å². The van der Waals surface area contributed by atoms with Crippen molar-refractivity contribution in [1.82, 2.24) is 0 Å². The molecular formula is C23H24N2O2S2. The summed E-state index contributed by atoms with van der Waals surface area (Å²) in [5, 5.41) is 7.41. The van der Waals surface area contributed by atoms with E-state index in [1.807, 2.05) is 48.5 Å². The first-order valence-corrected chi connectivity index (χ1v) is 10.7. The molecule has 1 unspecified atom stereocenters. The van der Waals surface area contributed by atoms with Gasteiger partial charge in [-0.2, -0.15) is 0 Å². The van der Waals surface area contributed by atoms with Gasteiger partial charge in [0.25, 0.3) is 0 Å². The van der Waals surface area contributed by atoms with Gasteiger partial charge in [-0.3, -0.25) is 0 Å². The zero-order chi connectivity index (χ0) is 20.8. The summed E-state index contributed by atoms with van der Waals surface area (Å²) in [5.74, 6) is 0.130. The molecule has 4 nitrogen and oxygen atoms in total. The largest absolute Gasteiger partial charge is 0.465 e. The van der Waals surface area contributed by atoms with Crippen LogP contribution in [-0.4, -0.2) is 18.2 Å². The molecule has 0 spiro atoms. The van der Waals surface area contributed by atoms with E-state index < -0.39 is 5.97 Å². The minimum absolute atomic E-state index is 0.397. The maximum atomic E-state index is 12.2. The summed E-state index contributed by atoms with van der Waals surface area (Å²) in [6.07, 6.45) is 1.10. The quantitative estimate of drug-likeness (QED) is 0.348. The van der Waals surface area contributed by atoms with Gasteiger partial charge < -0.3 is 15.4 Å². The van der Waals surface area contributed by atoms with Gasteiger partial charge in [0, 0.05) is 10.6 Å². The first kappa shape index (κ1) is 21.0. The van der Waals surface area contributed by atoms with Gasteiger partial charge in [-0.15, -0.1) is 11.3 Å². The lowest BCUT2D eigenvalue weighted by molar-refractivity contribution is 0.0602. The number of thiocarbonyl (C=S) groups is 1. The van der Waals surface area contributed by atoms with Crippen LogP contribution >= 0.6 is 23.6 Å². The number of ether oxygens (including phenoxy) is 1. The molecule has 29 heavy (non-hydrogen) atoms. The van der Waals surface area contributed by atoms with Gasteiger partial charge in [-0.1, -0.05) is 56.3 Å². The van der Waals surface area contributed by atoms with Gasteiger partial charge in [0.2, 0.25) is 0 Å². The summed E-state index contributed by atoms with van der Waals surface area (Å²) >= 11 is 6.93. The number of hydrogen-bond donors (Lipinski definition) is 2. The number of nitrogens with one attached hydrogen (secondary N) is 2. The number of hydrogen-bond acceptors (Lipinski definition) is 4. The molecule has 150 valence electrons. The SMILES string of the molecule is CCC(C)c1ccc(NC(=S)Nc2sc(-c3ccccc3)cc2C(=O)OC)cc1.